The van der Waals surface area contributed by atoms with Crippen molar-refractivity contribution in [2.75, 3.05) is 31.1 Å². The standard InChI is InChI=1S/C22H25N7/c23-15-17-3-5-18(6-4-17)16-27-13-9-19(10-14-27)22-25-24-20-7-8-21(26-29(20)22)28-11-1-2-12-28/h3-8,19H,1-2,9-14,16H2. The summed E-state index contributed by atoms with van der Waals surface area (Å²) < 4.78 is 1.97. The van der Waals surface area contributed by atoms with E-state index in [0.29, 0.717) is 11.5 Å². The number of hydrogen-bond donors (Lipinski definition) is 0. The number of piperidine rings is 1. The second-order valence-corrected chi connectivity index (χ2v) is 8.07. The molecule has 7 nitrogen and oxygen atoms in total. The van der Waals surface area contributed by atoms with E-state index in [1.807, 2.05) is 22.7 Å². The van der Waals surface area contributed by atoms with Crippen LogP contribution in [0.4, 0.5) is 5.82 Å². The zero-order valence-corrected chi connectivity index (χ0v) is 16.5. The number of likely N-dealkylation sites (tertiary alicyclic amines) is 1. The van der Waals surface area contributed by atoms with Crippen LogP contribution >= 0.6 is 0 Å². The second kappa shape index (κ2) is 7.80. The average Bonchev–Trinajstić information content (AvgIpc) is 3.45. The maximum Gasteiger partial charge on any atom is 0.178 e. The van der Waals surface area contributed by atoms with E-state index in [4.69, 9.17) is 10.4 Å². The Hall–Kier alpha value is -2.98. The molecule has 2 saturated heterocycles. The van der Waals surface area contributed by atoms with Gasteiger partial charge in [0.25, 0.3) is 0 Å². The molecule has 148 valence electrons. The van der Waals surface area contributed by atoms with Crippen molar-refractivity contribution < 1.29 is 0 Å². The predicted molar refractivity (Wildman–Crippen MR) is 111 cm³/mol. The van der Waals surface area contributed by atoms with Gasteiger partial charge in [-0.25, -0.2) is 0 Å². The maximum absolute atomic E-state index is 8.94. The summed E-state index contributed by atoms with van der Waals surface area (Å²) >= 11 is 0. The number of anilines is 1. The first kappa shape index (κ1) is 18.1. The van der Waals surface area contributed by atoms with Gasteiger partial charge in [0.1, 0.15) is 5.82 Å². The lowest BCUT2D eigenvalue weighted by Crippen LogP contribution is -2.33. The number of aromatic nitrogens is 4. The fourth-order valence-corrected chi connectivity index (χ4v) is 4.46. The Bertz CT molecular complexity index is 1020. The Balaban J connectivity index is 1.27. The Labute approximate surface area is 170 Å². The highest BCUT2D eigenvalue weighted by Crippen LogP contribution is 2.28. The molecule has 2 aliphatic heterocycles. The van der Waals surface area contributed by atoms with Crippen LogP contribution in [0.1, 0.15) is 48.6 Å². The van der Waals surface area contributed by atoms with E-state index in [9.17, 15) is 0 Å². The summed E-state index contributed by atoms with van der Waals surface area (Å²) in [5.74, 6) is 2.43. The van der Waals surface area contributed by atoms with Crippen molar-refractivity contribution >= 4 is 11.5 Å². The van der Waals surface area contributed by atoms with Crippen molar-refractivity contribution in [3.63, 3.8) is 0 Å². The Kier molecular flexibility index (Phi) is 4.86. The van der Waals surface area contributed by atoms with E-state index in [2.05, 4.69) is 44.3 Å². The van der Waals surface area contributed by atoms with Gasteiger partial charge < -0.3 is 4.90 Å². The average molecular weight is 387 g/mol. The highest BCUT2D eigenvalue weighted by Gasteiger charge is 2.25. The second-order valence-electron chi connectivity index (χ2n) is 8.07. The molecular weight excluding hydrogens is 362 g/mol. The summed E-state index contributed by atoms with van der Waals surface area (Å²) in [6, 6.07) is 14.2. The van der Waals surface area contributed by atoms with Gasteiger partial charge in [-0.3, -0.25) is 4.90 Å². The summed E-state index contributed by atoms with van der Waals surface area (Å²) in [4.78, 5) is 4.83. The van der Waals surface area contributed by atoms with Gasteiger partial charge in [-0.1, -0.05) is 12.1 Å². The number of hydrogen-bond acceptors (Lipinski definition) is 6. The monoisotopic (exact) mass is 387 g/mol. The van der Waals surface area contributed by atoms with Crippen molar-refractivity contribution in [3.8, 4) is 6.07 Å². The minimum atomic E-state index is 0.392. The number of benzene rings is 1. The maximum atomic E-state index is 8.94. The van der Waals surface area contributed by atoms with Gasteiger partial charge >= 0.3 is 0 Å². The third-order valence-corrected chi connectivity index (χ3v) is 6.14. The quantitative estimate of drug-likeness (QED) is 0.685. The molecule has 3 aromatic rings. The third kappa shape index (κ3) is 3.68. The summed E-state index contributed by atoms with van der Waals surface area (Å²) in [6.45, 7) is 5.17. The molecule has 1 aromatic carbocycles. The van der Waals surface area contributed by atoms with Gasteiger partial charge in [0.05, 0.1) is 11.6 Å². The van der Waals surface area contributed by atoms with E-state index < -0.39 is 0 Å². The first-order chi connectivity index (χ1) is 14.3. The fourth-order valence-electron chi connectivity index (χ4n) is 4.46. The third-order valence-electron chi connectivity index (χ3n) is 6.14. The highest BCUT2D eigenvalue weighted by molar-refractivity contribution is 5.46. The highest BCUT2D eigenvalue weighted by atomic mass is 15.4. The van der Waals surface area contributed by atoms with Crippen LogP contribution in [0.5, 0.6) is 0 Å². The largest absolute Gasteiger partial charge is 0.355 e. The molecule has 2 aromatic heterocycles. The van der Waals surface area contributed by atoms with Gasteiger partial charge in [-0.15, -0.1) is 15.3 Å². The zero-order chi connectivity index (χ0) is 19.6. The molecule has 0 amide bonds. The van der Waals surface area contributed by atoms with Gasteiger partial charge in [0, 0.05) is 25.6 Å². The minimum Gasteiger partial charge on any atom is -0.355 e. The lowest BCUT2D eigenvalue weighted by molar-refractivity contribution is 0.201. The SMILES string of the molecule is N#Cc1ccc(CN2CCC(c3nnc4ccc(N5CCCC5)nn34)CC2)cc1. The van der Waals surface area contributed by atoms with Crippen molar-refractivity contribution in [1.29, 1.82) is 5.26 Å². The van der Waals surface area contributed by atoms with Crippen LogP contribution in [-0.4, -0.2) is 50.9 Å². The van der Waals surface area contributed by atoms with Crippen LogP contribution in [0.2, 0.25) is 0 Å². The van der Waals surface area contributed by atoms with Crippen LogP contribution in [0, 0.1) is 11.3 Å². The van der Waals surface area contributed by atoms with Crippen molar-refractivity contribution in [2.45, 2.75) is 38.1 Å². The molecule has 0 bridgehead atoms. The van der Waals surface area contributed by atoms with Gasteiger partial charge in [0.2, 0.25) is 0 Å². The van der Waals surface area contributed by atoms with E-state index in [-0.39, 0.29) is 0 Å². The number of nitriles is 1. The molecule has 2 fully saturated rings. The molecule has 0 unspecified atom stereocenters. The van der Waals surface area contributed by atoms with Crippen LogP contribution in [-0.2, 0) is 6.54 Å². The molecule has 7 heteroatoms. The van der Waals surface area contributed by atoms with Gasteiger partial charge in [0.15, 0.2) is 11.5 Å². The normalized spacial score (nSPS) is 18.4. The smallest absolute Gasteiger partial charge is 0.178 e. The lowest BCUT2D eigenvalue weighted by atomic mass is 9.95. The Morgan fingerprint density at radius 1 is 0.931 bits per heavy atom. The molecule has 2 aliphatic rings. The number of nitrogens with zero attached hydrogens (tertiary/aromatic N) is 7. The molecule has 0 saturated carbocycles. The first-order valence-corrected chi connectivity index (χ1v) is 10.5. The minimum absolute atomic E-state index is 0.392. The molecule has 0 radical (unpaired) electrons. The summed E-state index contributed by atoms with van der Waals surface area (Å²) in [6.07, 6.45) is 4.61. The zero-order valence-electron chi connectivity index (χ0n) is 16.5. The molecule has 0 N–H and O–H groups in total. The van der Waals surface area contributed by atoms with Crippen LogP contribution < -0.4 is 4.90 Å². The Morgan fingerprint density at radius 3 is 2.41 bits per heavy atom. The van der Waals surface area contributed by atoms with E-state index in [1.54, 1.807) is 0 Å². The van der Waals surface area contributed by atoms with Gasteiger partial charge in [-0.2, -0.15) is 9.78 Å². The first-order valence-electron chi connectivity index (χ1n) is 10.5. The summed E-state index contributed by atoms with van der Waals surface area (Å²) in [5, 5.41) is 22.7. The van der Waals surface area contributed by atoms with Crippen molar-refractivity contribution in [2.24, 2.45) is 0 Å². The topological polar surface area (TPSA) is 73.3 Å². The predicted octanol–water partition coefficient (Wildman–Crippen LogP) is 2.98. The summed E-state index contributed by atoms with van der Waals surface area (Å²) in [5.41, 5.74) is 2.81. The van der Waals surface area contributed by atoms with Crippen molar-refractivity contribution in [1.82, 2.24) is 24.7 Å². The molecule has 0 atom stereocenters. The molecule has 4 heterocycles. The van der Waals surface area contributed by atoms with Crippen LogP contribution in [0.3, 0.4) is 0 Å². The van der Waals surface area contributed by atoms with Gasteiger partial charge in [-0.05, 0) is 68.6 Å². The lowest BCUT2D eigenvalue weighted by Gasteiger charge is -2.31. The summed E-state index contributed by atoms with van der Waals surface area (Å²) in [7, 11) is 0. The number of fused-ring (bicyclic) bond motifs is 1. The fraction of sp³-hybridized carbons (Fsp3) is 0.455. The van der Waals surface area contributed by atoms with E-state index in [1.165, 1.54) is 18.4 Å². The Morgan fingerprint density at radius 2 is 1.69 bits per heavy atom. The molecular formula is C22H25N7. The van der Waals surface area contributed by atoms with Crippen LogP contribution in [0.15, 0.2) is 36.4 Å². The molecule has 0 aliphatic carbocycles. The van der Waals surface area contributed by atoms with E-state index >= 15 is 0 Å². The molecule has 5 rings (SSSR count). The van der Waals surface area contributed by atoms with E-state index in [0.717, 1.165) is 62.9 Å². The molecule has 29 heavy (non-hydrogen) atoms. The van der Waals surface area contributed by atoms with Crippen molar-refractivity contribution in [3.05, 3.63) is 53.3 Å². The number of rotatable bonds is 4. The van der Waals surface area contributed by atoms with Crippen LogP contribution in [0.25, 0.3) is 5.65 Å². The molecule has 0 spiro atoms.